The fourth-order valence-electron chi connectivity index (χ4n) is 2.45. The smallest absolute Gasteiger partial charge is 0.276 e. The molecule has 0 bridgehead atoms. The summed E-state index contributed by atoms with van der Waals surface area (Å²) in [5.41, 5.74) is 2.15. The molecule has 0 atom stereocenters. The Hall–Kier alpha value is -2.14. The first-order valence-electron chi connectivity index (χ1n) is 8.33. The molecule has 0 saturated carbocycles. The summed E-state index contributed by atoms with van der Waals surface area (Å²) in [6, 6.07) is 16.3. The van der Waals surface area contributed by atoms with Crippen molar-refractivity contribution in [2.45, 2.75) is 37.3 Å². The molecule has 2 aromatic heterocycles. The van der Waals surface area contributed by atoms with Crippen LogP contribution < -0.4 is 0 Å². The second kappa shape index (κ2) is 9.23. The predicted octanol–water partition coefficient (Wildman–Crippen LogP) is 5.03. The van der Waals surface area contributed by atoms with E-state index in [9.17, 15) is 0 Å². The van der Waals surface area contributed by atoms with E-state index in [2.05, 4.69) is 45.5 Å². The van der Waals surface area contributed by atoms with Crippen LogP contribution in [-0.2, 0) is 6.42 Å². The molecular formula is C19H21N3OS. The zero-order valence-corrected chi connectivity index (χ0v) is 14.4. The van der Waals surface area contributed by atoms with Crippen molar-refractivity contribution in [1.82, 2.24) is 15.2 Å². The molecule has 24 heavy (non-hydrogen) atoms. The SMILES string of the molecule is c1ccc(CCCCCCSc2nnc(-c3ccccn3)o2)cc1. The molecule has 3 aromatic rings. The normalized spacial score (nSPS) is 10.8. The van der Waals surface area contributed by atoms with Crippen LogP contribution in [0.1, 0.15) is 31.2 Å². The van der Waals surface area contributed by atoms with Crippen LogP contribution in [0.5, 0.6) is 0 Å². The Morgan fingerprint density at radius 2 is 1.67 bits per heavy atom. The van der Waals surface area contributed by atoms with Gasteiger partial charge in [0.1, 0.15) is 5.69 Å². The Balaban J connectivity index is 1.30. The summed E-state index contributed by atoms with van der Waals surface area (Å²) >= 11 is 1.62. The third kappa shape index (κ3) is 5.20. The van der Waals surface area contributed by atoms with E-state index in [0.717, 1.165) is 11.4 Å². The van der Waals surface area contributed by atoms with Crippen molar-refractivity contribution in [3.05, 3.63) is 60.3 Å². The average molecular weight is 339 g/mol. The van der Waals surface area contributed by atoms with E-state index in [4.69, 9.17) is 4.42 Å². The van der Waals surface area contributed by atoms with Crippen LogP contribution in [-0.4, -0.2) is 20.9 Å². The van der Waals surface area contributed by atoms with Crippen molar-refractivity contribution in [2.24, 2.45) is 0 Å². The molecule has 0 spiro atoms. The lowest BCUT2D eigenvalue weighted by atomic mass is 10.1. The number of aromatic nitrogens is 3. The first kappa shape index (κ1) is 16.7. The molecule has 0 aliphatic rings. The molecule has 0 aliphatic carbocycles. The van der Waals surface area contributed by atoms with Gasteiger partial charge in [-0.3, -0.25) is 4.98 Å². The summed E-state index contributed by atoms with van der Waals surface area (Å²) in [7, 11) is 0. The maximum Gasteiger partial charge on any atom is 0.276 e. The molecule has 0 N–H and O–H groups in total. The molecule has 0 saturated heterocycles. The highest BCUT2D eigenvalue weighted by Gasteiger charge is 2.09. The lowest BCUT2D eigenvalue weighted by molar-refractivity contribution is 0.464. The fraction of sp³-hybridized carbons (Fsp3) is 0.316. The Kier molecular flexibility index (Phi) is 6.42. The number of hydrogen-bond donors (Lipinski definition) is 0. The summed E-state index contributed by atoms with van der Waals surface area (Å²) < 4.78 is 5.63. The first-order chi connectivity index (χ1) is 11.9. The Labute approximate surface area is 146 Å². The monoisotopic (exact) mass is 339 g/mol. The van der Waals surface area contributed by atoms with Crippen molar-refractivity contribution in [2.75, 3.05) is 5.75 Å². The van der Waals surface area contributed by atoms with Gasteiger partial charge in [-0.15, -0.1) is 10.2 Å². The highest BCUT2D eigenvalue weighted by atomic mass is 32.2. The molecule has 4 nitrogen and oxygen atoms in total. The molecule has 3 rings (SSSR count). The number of nitrogens with zero attached hydrogens (tertiary/aromatic N) is 3. The molecule has 5 heteroatoms. The lowest BCUT2D eigenvalue weighted by Crippen LogP contribution is -1.86. The van der Waals surface area contributed by atoms with E-state index in [0.29, 0.717) is 11.1 Å². The van der Waals surface area contributed by atoms with Gasteiger partial charge in [0, 0.05) is 11.9 Å². The molecule has 0 amide bonds. The van der Waals surface area contributed by atoms with Crippen LogP contribution in [0, 0.1) is 0 Å². The molecule has 1 aromatic carbocycles. The van der Waals surface area contributed by atoms with Crippen LogP contribution in [0.2, 0.25) is 0 Å². The van der Waals surface area contributed by atoms with Gasteiger partial charge in [0.05, 0.1) is 0 Å². The largest absolute Gasteiger partial charge is 0.410 e. The van der Waals surface area contributed by atoms with E-state index in [-0.39, 0.29) is 0 Å². The van der Waals surface area contributed by atoms with Crippen molar-refractivity contribution in [3.63, 3.8) is 0 Å². The quantitative estimate of drug-likeness (QED) is 0.404. The molecule has 2 heterocycles. The fourth-order valence-corrected chi connectivity index (χ4v) is 3.21. The van der Waals surface area contributed by atoms with Crippen molar-refractivity contribution in [1.29, 1.82) is 0 Å². The van der Waals surface area contributed by atoms with Crippen LogP contribution >= 0.6 is 11.8 Å². The number of benzene rings is 1. The van der Waals surface area contributed by atoms with Crippen LogP contribution in [0.4, 0.5) is 0 Å². The number of thioether (sulfide) groups is 1. The summed E-state index contributed by atoms with van der Waals surface area (Å²) in [6.45, 7) is 0. The molecule has 0 aliphatic heterocycles. The van der Waals surface area contributed by atoms with Gasteiger partial charge in [-0.1, -0.05) is 61.0 Å². The van der Waals surface area contributed by atoms with Gasteiger partial charge >= 0.3 is 0 Å². The van der Waals surface area contributed by atoms with Gasteiger partial charge in [0.15, 0.2) is 0 Å². The van der Waals surface area contributed by atoms with Gasteiger partial charge in [-0.05, 0) is 37.0 Å². The van der Waals surface area contributed by atoms with Crippen molar-refractivity contribution in [3.8, 4) is 11.6 Å². The van der Waals surface area contributed by atoms with E-state index >= 15 is 0 Å². The summed E-state index contributed by atoms with van der Waals surface area (Å²) in [6.07, 6.45) is 7.81. The zero-order chi connectivity index (χ0) is 16.5. The Morgan fingerprint density at radius 3 is 2.50 bits per heavy atom. The minimum absolute atomic E-state index is 0.487. The number of rotatable bonds is 9. The van der Waals surface area contributed by atoms with Gasteiger partial charge in [0.25, 0.3) is 11.1 Å². The molecular weight excluding hydrogens is 318 g/mol. The summed E-state index contributed by atoms with van der Waals surface area (Å²) in [5, 5.41) is 8.75. The third-order valence-electron chi connectivity index (χ3n) is 3.72. The summed E-state index contributed by atoms with van der Waals surface area (Å²) in [5.74, 6) is 1.50. The molecule has 124 valence electrons. The number of pyridine rings is 1. The first-order valence-corrected chi connectivity index (χ1v) is 9.32. The molecule has 0 radical (unpaired) electrons. The van der Waals surface area contributed by atoms with Gasteiger partial charge in [-0.2, -0.15) is 0 Å². The Bertz CT molecular complexity index is 716. The van der Waals surface area contributed by atoms with Gasteiger partial charge < -0.3 is 4.42 Å². The maximum atomic E-state index is 5.63. The second-order valence-electron chi connectivity index (χ2n) is 5.59. The highest BCUT2D eigenvalue weighted by Crippen LogP contribution is 2.22. The standard InChI is InChI=1S/C19H21N3OS/c1(4-10-16-11-5-3-6-12-16)2-9-15-24-19-22-21-18(23-19)17-13-7-8-14-20-17/h3,5-8,11-14H,1-2,4,9-10,15H2. The zero-order valence-electron chi connectivity index (χ0n) is 13.6. The van der Waals surface area contributed by atoms with Crippen molar-refractivity contribution < 1.29 is 4.42 Å². The second-order valence-corrected chi connectivity index (χ2v) is 6.63. The number of hydrogen-bond acceptors (Lipinski definition) is 5. The van der Waals surface area contributed by atoms with Gasteiger partial charge in [0.2, 0.25) is 0 Å². The van der Waals surface area contributed by atoms with Crippen LogP contribution in [0.3, 0.4) is 0 Å². The minimum atomic E-state index is 0.487. The van der Waals surface area contributed by atoms with Crippen LogP contribution in [0.25, 0.3) is 11.6 Å². The minimum Gasteiger partial charge on any atom is -0.410 e. The molecule has 0 fully saturated rings. The third-order valence-corrected chi connectivity index (χ3v) is 4.62. The lowest BCUT2D eigenvalue weighted by Gasteiger charge is -2.01. The van der Waals surface area contributed by atoms with Crippen LogP contribution in [0.15, 0.2) is 64.4 Å². The molecule has 0 unspecified atom stereocenters. The van der Waals surface area contributed by atoms with E-state index in [1.54, 1.807) is 18.0 Å². The maximum absolute atomic E-state index is 5.63. The van der Waals surface area contributed by atoms with E-state index in [1.165, 1.54) is 37.7 Å². The number of unbranched alkanes of at least 4 members (excludes halogenated alkanes) is 3. The average Bonchev–Trinajstić information content (AvgIpc) is 3.11. The highest BCUT2D eigenvalue weighted by molar-refractivity contribution is 7.99. The van der Waals surface area contributed by atoms with Crippen molar-refractivity contribution >= 4 is 11.8 Å². The predicted molar refractivity (Wildman–Crippen MR) is 96.9 cm³/mol. The Morgan fingerprint density at radius 1 is 0.833 bits per heavy atom. The summed E-state index contributed by atoms with van der Waals surface area (Å²) in [4.78, 5) is 4.21. The topological polar surface area (TPSA) is 51.8 Å². The van der Waals surface area contributed by atoms with Gasteiger partial charge in [-0.25, -0.2) is 0 Å². The van der Waals surface area contributed by atoms with E-state index < -0.39 is 0 Å². The van der Waals surface area contributed by atoms with E-state index in [1.807, 2.05) is 18.2 Å². The number of aryl methyl sites for hydroxylation is 1.